The van der Waals surface area contributed by atoms with E-state index in [9.17, 15) is 23.1 Å². The Balaban J connectivity index is 1.58. The Morgan fingerprint density at radius 3 is 2.53 bits per heavy atom. The molecule has 0 aliphatic rings. The molecular formula is C26H21F3N2O3S2. The SMILES string of the molecule is C[C@](N)(C(=O)O)c1ncc(-c2ccc(Sc3cccc(OCc4ccccc4)c3)c(C(F)(F)F)c2)s1. The maximum Gasteiger partial charge on any atom is 0.417 e. The average molecular weight is 531 g/mol. The third kappa shape index (κ3) is 5.89. The number of carboxylic acids is 1. The molecule has 3 N–H and O–H groups in total. The van der Waals surface area contributed by atoms with Crippen molar-refractivity contribution < 1.29 is 27.8 Å². The van der Waals surface area contributed by atoms with Crippen LogP contribution in [0.1, 0.15) is 23.1 Å². The van der Waals surface area contributed by atoms with Gasteiger partial charge in [-0.1, -0.05) is 54.2 Å². The van der Waals surface area contributed by atoms with Crippen molar-refractivity contribution in [2.75, 3.05) is 0 Å². The summed E-state index contributed by atoms with van der Waals surface area (Å²) in [7, 11) is 0. The number of nitrogens with two attached hydrogens (primary N) is 1. The Labute approximate surface area is 213 Å². The lowest BCUT2D eigenvalue weighted by Crippen LogP contribution is -2.41. The summed E-state index contributed by atoms with van der Waals surface area (Å²) in [6.45, 7) is 1.63. The van der Waals surface area contributed by atoms with Gasteiger partial charge in [0, 0.05) is 16.0 Å². The number of aromatic nitrogens is 1. The third-order valence-corrected chi connectivity index (χ3v) is 7.59. The molecule has 4 rings (SSSR count). The van der Waals surface area contributed by atoms with E-state index >= 15 is 0 Å². The predicted octanol–water partition coefficient (Wildman–Crippen LogP) is 6.82. The van der Waals surface area contributed by atoms with Crippen LogP contribution in [0.25, 0.3) is 10.4 Å². The summed E-state index contributed by atoms with van der Waals surface area (Å²) in [5.74, 6) is -0.726. The fourth-order valence-electron chi connectivity index (χ4n) is 3.23. The van der Waals surface area contributed by atoms with Gasteiger partial charge in [0.15, 0.2) is 5.54 Å². The molecule has 0 amide bonds. The van der Waals surface area contributed by atoms with Crippen LogP contribution in [0, 0.1) is 0 Å². The number of thiazole rings is 1. The molecule has 0 saturated heterocycles. The molecule has 0 saturated carbocycles. The fourth-order valence-corrected chi connectivity index (χ4v) is 5.19. The number of alkyl halides is 3. The molecule has 0 fully saturated rings. The van der Waals surface area contributed by atoms with Crippen LogP contribution in [0.2, 0.25) is 0 Å². The highest BCUT2D eigenvalue weighted by atomic mass is 32.2. The van der Waals surface area contributed by atoms with E-state index in [1.807, 2.05) is 30.3 Å². The number of halogens is 3. The van der Waals surface area contributed by atoms with Crippen LogP contribution in [0.5, 0.6) is 5.75 Å². The zero-order valence-corrected chi connectivity index (χ0v) is 20.6. The predicted molar refractivity (Wildman–Crippen MR) is 133 cm³/mol. The molecule has 5 nitrogen and oxygen atoms in total. The van der Waals surface area contributed by atoms with Crippen LogP contribution in [-0.2, 0) is 23.1 Å². The van der Waals surface area contributed by atoms with E-state index in [4.69, 9.17) is 10.5 Å². The highest BCUT2D eigenvalue weighted by Gasteiger charge is 2.36. The molecule has 0 radical (unpaired) electrons. The number of hydrogen-bond donors (Lipinski definition) is 2. The lowest BCUT2D eigenvalue weighted by molar-refractivity contribution is -0.143. The maximum absolute atomic E-state index is 14.0. The summed E-state index contributed by atoms with van der Waals surface area (Å²) in [5, 5.41) is 9.40. The molecule has 0 bridgehead atoms. The first-order valence-electron chi connectivity index (χ1n) is 10.7. The summed E-state index contributed by atoms with van der Waals surface area (Å²) >= 11 is 1.93. The zero-order chi connectivity index (χ0) is 25.9. The molecule has 3 aromatic carbocycles. The minimum Gasteiger partial charge on any atom is -0.489 e. The van der Waals surface area contributed by atoms with E-state index in [0.29, 0.717) is 22.1 Å². The van der Waals surface area contributed by atoms with E-state index in [2.05, 4.69) is 4.98 Å². The van der Waals surface area contributed by atoms with Gasteiger partial charge >= 0.3 is 12.1 Å². The van der Waals surface area contributed by atoms with Crippen molar-refractivity contribution in [3.05, 3.63) is 95.1 Å². The minimum atomic E-state index is -4.60. The number of hydrogen-bond acceptors (Lipinski definition) is 6. The van der Waals surface area contributed by atoms with Gasteiger partial charge in [0.05, 0.1) is 10.4 Å². The molecule has 0 aliphatic heterocycles. The summed E-state index contributed by atoms with van der Waals surface area (Å²) in [6, 6.07) is 20.5. The number of benzene rings is 3. The van der Waals surface area contributed by atoms with Crippen molar-refractivity contribution in [3.8, 4) is 16.2 Å². The zero-order valence-electron chi connectivity index (χ0n) is 19.0. The van der Waals surface area contributed by atoms with Crippen LogP contribution in [0.4, 0.5) is 13.2 Å². The number of carboxylic acid groups (broad SMARTS) is 1. The second-order valence-electron chi connectivity index (χ2n) is 8.10. The van der Waals surface area contributed by atoms with Crippen LogP contribution >= 0.6 is 23.1 Å². The Kier molecular flexibility index (Phi) is 7.39. The largest absolute Gasteiger partial charge is 0.489 e. The Morgan fingerprint density at radius 2 is 1.83 bits per heavy atom. The van der Waals surface area contributed by atoms with E-state index < -0.39 is 23.2 Å². The van der Waals surface area contributed by atoms with E-state index in [0.717, 1.165) is 34.7 Å². The third-order valence-electron chi connectivity index (χ3n) is 5.25. The number of nitrogens with zero attached hydrogens (tertiary/aromatic N) is 1. The second-order valence-corrected chi connectivity index (χ2v) is 10.2. The molecule has 10 heteroatoms. The van der Waals surface area contributed by atoms with Gasteiger partial charge in [-0.05, 0) is 48.4 Å². The summed E-state index contributed by atoms with van der Waals surface area (Å²) < 4.78 is 47.8. The van der Waals surface area contributed by atoms with Gasteiger partial charge in [-0.25, -0.2) is 9.78 Å². The number of rotatable bonds is 8. The van der Waals surface area contributed by atoms with Gasteiger partial charge < -0.3 is 15.6 Å². The molecule has 36 heavy (non-hydrogen) atoms. The second kappa shape index (κ2) is 10.3. The van der Waals surface area contributed by atoms with Crippen molar-refractivity contribution >= 4 is 29.1 Å². The minimum absolute atomic E-state index is 0.0328. The lowest BCUT2D eigenvalue weighted by atomic mass is 10.1. The van der Waals surface area contributed by atoms with Crippen LogP contribution in [0.3, 0.4) is 0 Å². The monoisotopic (exact) mass is 530 g/mol. The van der Waals surface area contributed by atoms with Crippen molar-refractivity contribution in [2.24, 2.45) is 5.73 Å². The van der Waals surface area contributed by atoms with Crippen molar-refractivity contribution in [1.29, 1.82) is 0 Å². The summed E-state index contributed by atoms with van der Waals surface area (Å²) in [4.78, 5) is 16.4. The van der Waals surface area contributed by atoms with Gasteiger partial charge in [-0.15, -0.1) is 11.3 Å². The highest BCUT2D eigenvalue weighted by Crippen LogP contribution is 2.43. The van der Waals surface area contributed by atoms with Crippen molar-refractivity contribution in [1.82, 2.24) is 4.98 Å². The number of carbonyl (C=O) groups is 1. The fraction of sp³-hybridized carbons (Fsp3) is 0.154. The van der Waals surface area contributed by atoms with E-state index in [1.165, 1.54) is 19.2 Å². The van der Waals surface area contributed by atoms with Gasteiger partial charge in [-0.2, -0.15) is 13.2 Å². The van der Waals surface area contributed by atoms with E-state index in [-0.39, 0.29) is 15.5 Å². The molecule has 1 heterocycles. The Morgan fingerprint density at radius 1 is 1.08 bits per heavy atom. The molecule has 0 unspecified atom stereocenters. The summed E-state index contributed by atoms with van der Waals surface area (Å²) in [6.07, 6.45) is -3.26. The van der Waals surface area contributed by atoms with E-state index in [1.54, 1.807) is 30.3 Å². The topological polar surface area (TPSA) is 85.4 Å². The van der Waals surface area contributed by atoms with Gasteiger partial charge in [0.2, 0.25) is 0 Å². The molecule has 1 aromatic heterocycles. The maximum atomic E-state index is 14.0. The number of ether oxygens (including phenoxy) is 1. The molecule has 0 aliphatic carbocycles. The highest BCUT2D eigenvalue weighted by molar-refractivity contribution is 7.99. The van der Waals surface area contributed by atoms with Crippen LogP contribution in [0.15, 0.2) is 88.8 Å². The lowest BCUT2D eigenvalue weighted by Gasteiger charge is -2.15. The van der Waals surface area contributed by atoms with Crippen molar-refractivity contribution in [2.45, 2.75) is 35.0 Å². The van der Waals surface area contributed by atoms with Gasteiger partial charge in [0.25, 0.3) is 0 Å². The molecule has 0 spiro atoms. The first-order valence-corrected chi connectivity index (χ1v) is 12.3. The summed E-state index contributed by atoms with van der Waals surface area (Å²) in [5.41, 5.74) is 4.52. The first kappa shape index (κ1) is 25.7. The van der Waals surface area contributed by atoms with Gasteiger partial charge in [-0.3, -0.25) is 0 Å². The Hall–Kier alpha value is -3.34. The quantitative estimate of drug-likeness (QED) is 0.260. The standard InChI is InChI=1S/C26H21F3N2O3S2/c1-25(30,24(32)33)23-31-14-22(36-23)17-10-11-21(20(12-17)26(27,28)29)35-19-9-5-8-18(13-19)34-15-16-6-3-2-4-7-16/h2-14H,15,30H2,1H3,(H,32,33)/t25-/m1/s1. The van der Waals surface area contributed by atoms with Gasteiger partial charge in [0.1, 0.15) is 17.4 Å². The smallest absolute Gasteiger partial charge is 0.417 e. The molecular weight excluding hydrogens is 509 g/mol. The molecule has 186 valence electrons. The normalized spacial score (nSPS) is 13.2. The van der Waals surface area contributed by atoms with Crippen LogP contribution in [-0.4, -0.2) is 16.1 Å². The average Bonchev–Trinajstić information content (AvgIpc) is 3.34. The first-order chi connectivity index (χ1) is 17.0. The number of aliphatic carboxylic acids is 1. The Bertz CT molecular complexity index is 1370. The van der Waals surface area contributed by atoms with Crippen molar-refractivity contribution in [3.63, 3.8) is 0 Å². The molecule has 1 atom stereocenters. The van der Waals surface area contributed by atoms with Crippen LogP contribution < -0.4 is 10.5 Å². The molecule has 4 aromatic rings.